The van der Waals surface area contributed by atoms with Crippen molar-refractivity contribution in [3.8, 4) is 0 Å². The van der Waals surface area contributed by atoms with Gasteiger partial charge >= 0.3 is 0 Å². The van der Waals surface area contributed by atoms with E-state index in [-0.39, 0.29) is 16.7 Å². The summed E-state index contributed by atoms with van der Waals surface area (Å²) in [5, 5.41) is 20.3. The summed E-state index contributed by atoms with van der Waals surface area (Å²) in [5.74, 6) is 0.370. The highest BCUT2D eigenvalue weighted by Crippen LogP contribution is 2.29. The molecule has 0 radical (unpaired) electrons. The monoisotopic (exact) mass is 264 g/mol. The predicted molar refractivity (Wildman–Crippen MR) is 74.5 cm³/mol. The summed E-state index contributed by atoms with van der Waals surface area (Å²) in [6.45, 7) is 5.54. The van der Waals surface area contributed by atoms with Gasteiger partial charge in [-0.05, 0) is 44.2 Å². The summed E-state index contributed by atoms with van der Waals surface area (Å²) < 4.78 is 0. The maximum Gasteiger partial charge on any atom is 0.269 e. The van der Waals surface area contributed by atoms with E-state index in [1.807, 2.05) is 19.9 Å². The third kappa shape index (κ3) is 3.04. The molecule has 5 heteroatoms. The van der Waals surface area contributed by atoms with Crippen LogP contribution in [0.15, 0.2) is 18.2 Å². The van der Waals surface area contributed by atoms with Crippen molar-refractivity contribution in [2.24, 2.45) is 5.92 Å². The second-order valence-electron chi connectivity index (χ2n) is 5.29. The zero-order valence-electron chi connectivity index (χ0n) is 11.4. The van der Waals surface area contributed by atoms with E-state index in [4.69, 9.17) is 0 Å². The van der Waals surface area contributed by atoms with E-state index in [1.165, 1.54) is 0 Å². The molecule has 19 heavy (non-hydrogen) atoms. The topological polar surface area (TPSA) is 66.6 Å². The molecule has 0 aliphatic carbocycles. The Morgan fingerprint density at radius 1 is 1.42 bits per heavy atom. The van der Waals surface area contributed by atoms with Crippen LogP contribution in [-0.4, -0.2) is 29.2 Å². The van der Waals surface area contributed by atoms with Crippen LogP contribution in [0.25, 0.3) is 0 Å². The van der Waals surface area contributed by atoms with Gasteiger partial charge in [0.2, 0.25) is 0 Å². The average Bonchev–Trinajstić information content (AvgIpc) is 2.38. The van der Waals surface area contributed by atoms with Gasteiger partial charge in [-0.2, -0.15) is 0 Å². The molecule has 0 bridgehead atoms. The molecule has 1 aromatic carbocycles. The molecule has 1 aliphatic heterocycles. The van der Waals surface area contributed by atoms with E-state index in [0.717, 1.165) is 37.2 Å². The molecule has 1 heterocycles. The lowest BCUT2D eigenvalue weighted by atomic mass is 9.91. The normalized spacial score (nSPS) is 18.4. The third-order valence-electron chi connectivity index (χ3n) is 3.95. The van der Waals surface area contributed by atoms with Crippen molar-refractivity contribution in [2.45, 2.75) is 32.8 Å². The van der Waals surface area contributed by atoms with E-state index in [1.54, 1.807) is 12.1 Å². The molecule has 1 N–H and O–H groups in total. The van der Waals surface area contributed by atoms with E-state index in [9.17, 15) is 15.2 Å². The molecule has 0 spiro atoms. The molecule has 5 nitrogen and oxygen atoms in total. The first-order chi connectivity index (χ1) is 8.99. The zero-order chi connectivity index (χ0) is 14.0. The number of anilines is 1. The van der Waals surface area contributed by atoms with Crippen molar-refractivity contribution in [3.63, 3.8) is 0 Å². The molecule has 0 aromatic heterocycles. The summed E-state index contributed by atoms with van der Waals surface area (Å²) in [6.07, 6.45) is 1.68. The lowest BCUT2D eigenvalue weighted by Crippen LogP contribution is -2.37. The molecule has 1 aliphatic rings. The summed E-state index contributed by atoms with van der Waals surface area (Å²) in [4.78, 5) is 12.6. The van der Waals surface area contributed by atoms with Gasteiger partial charge in [-0.1, -0.05) is 0 Å². The van der Waals surface area contributed by atoms with Crippen LogP contribution in [0.4, 0.5) is 11.4 Å². The highest BCUT2D eigenvalue weighted by molar-refractivity contribution is 5.57. The molecule has 0 saturated carbocycles. The number of nitrogens with zero attached hydrogens (tertiary/aromatic N) is 2. The number of nitro groups is 1. The fourth-order valence-electron chi connectivity index (χ4n) is 2.73. The number of benzene rings is 1. The van der Waals surface area contributed by atoms with Gasteiger partial charge in [0.05, 0.1) is 11.0 Å². The van der Waals surface area contributed by atoms with Gasteiger partial charge in [0.1, 0.15) is 0 Å². The fraction of sp³-hybridized carbons (Fsp3) is 0.571. The third-order valence-corrected chi connectivity index (χ3v) is 3.95. The van der Waals surface area contributed by atoms with E-state index >= 15 is 0 Å². The van der Waals surface area contributed by atoms with Gasteiger partial charge in [-0.15, -0.1) is 0 Å². The van der Waals surface area contributed by atoms with Crippen molar-refractivity contribution in [1.82, 2.24) is 0 Å². The Bertz CT molecular complexity index is 466. The molecule has 1 saturated heterocycles. The largest absolute Gasteiger partial charge is 0.393 e. The number of aryl methyl sites for hydroxylation is 1. The van der Waals surface area contributed by atoms with Crippen LogP contribution in [0.1, 0.15) is 25.3 Å². The number of aliphatic hydroxyl groups excluding tert-OH is 1. The second kappa shape index (κ2) is 5.57. The van der Waals surface area contributed by atoms with Crippen molar-refractivity contribution < 1.29 is 10.0 Å². The number of rotatable bonds is 3. The first-order valence-electron chi connectivity index (χ1n) is 6.67. The highest BCUT2D eigenvalue weighted by atomic mass is 16.6. The van der Waals surface area contributed by atoms with Crippen LogP contribution in [0, 0.1) is 23.0 Å². The number of nitro benzene ring substituents is 1. The summed E-state index contributed by atoms with van der Waals surface area (Å²) in [6, 6.07) is 5.01. The van der Waals surface area contributed by atoms with Crippen molar-refractivity contribution >= 4 is 11.4 Å². The molecule has 0 unspecified atom stereocenters. The van der Waals surface area contributed by atoms with Crippen LogP contribution < -0.4 is 4.90 Å². The van der Waals surface area contributed by atoms with E-state index < -0.39 is 0 Å². The molecular formula is C14H20N2O3. The van der Waals surface area contributed by atoms with Crippen LogP contribution in [0.3, 0.4) is 0 Å². The van der Waals surface area contributed by atoms with Crippen LogP contribution in [-0.2, 0) is 0 Å². The first kappa shape index (κ1) is 13.8. The number of hydrogen-bond acceptors (Lipinski definition) is 4. The van der Waals surface area contributed by atoms with Gasteiger partial charge < -0.3 is 10.0 Å². The van der Waals surface area contributed by atoms with Gasteiger partial charge in [-0.3, -0.25) is 10.1 Å². The van der Waals surface area contributed by atoms with Crippen LogP contribution in [0.5, 0.6) is 0 Å². The number of aliphatic hydroxyl groups is 1. The Labute approximate surface area is 113 Å². The molecule has 0 amide bonds. The molecule has 1 fully saturated rings. The van der Waals surface area contributed by atoms with Crippen LogP contribution in [0.2, 0.25) is 0 Å². The number of hydrogen-bond donors (Lipinski definition) is 1. The number of piperidine rings is 1. The minimum atomic E-state index is -0.365. The van der Waals surface area contributed by atoms with E-state index in [2.05, 4.69) is 4.90 Å². The van der Waals surface area contributed by atoms with Gasteiger partial charge in [0, 0.05) is 30.9 Å². The minimum Gasteiger partial charge on any atom is -0.393 e. The molecular weight excluding hydrogens is 244 g/mol. The summed E-state index contributed by atoms with van der Waals surface area (Å²) in [5.41, 5.74) is 2.14. The van der Waals surface area contributed by atoms with Crippen molar-refractivity contribution in [2.75, 3.05) is 18.0 Å². The number of non-ortho nitro benzene ring substituents is 1. The van der Waals surface area contributed by atoms with Gasteiger partial charge in [-0.25, -0.2) is 0 Å². The second-order valence-corrected chi connectivity index (χ2v) is 5.29. The zero-order valence-corrected chi connectivity index (χ0v) is 11.4. The maximum atomic E-state index is 10.7. The van der Waals surface area contributed by atoms with Crippen LogP contribution >= 0.6 is 0 Å². The summed E-state index contributed by atoms with van der Waals surface area (Å²) in [7, 11) is 0. The van der Waals surface area contributed by atoms with E-state index in [0.29, 0.717) is 5.92 Å². The predicted octanol–water partition coefficient (Wildman–Crippen LogP) is 2.50. The highest BCUT2D eigenvalue weighted by Gasteiger charge is 2.23. The SMILES string of the molecule is Cc1cc([N+](=O)[O-])ccc1N1CCC([C@@H](C)O)CC1. The Balaban J connectivity index is 2.09. The Hall–Kier alpha value is -1.62. The maximum absolute atomic E-state index is 10.7. The van der Waals surface area contributed by atoms with Crippen molar-refractivity contribution in [3.05, 3.63) is 33.9 Å². The Kier molecular flexibility index (Phi) is 4.04. The smallest absolute Gasteiger partial charge is 0.269 e. The molecule has 104 valence electrons. The standard InChI is InChI=1S/C14H20N2O3/c1-10-9-13(16(18)19)3-4-14(10)15-7-5-12(6-8-15)11(2)17/h3-4,9,11-12,17H,5-8H2,1-2H3/t11-/m1/s1. The van der Waals surface area contributed by atoms with Gasteiger partial charge in [0.25, 0.3) is 5.69 Å². The fourth-order valence-corrected chi connectivity index (χ4v) is 2.73. The lowest BCUT2D eigenvalue weighted by Gasteiger charge is -2.35. The molecule has 1 aromatic rings. The molecule has 2 rings (SSSR count). The van der Waals surface area contributed by atoms with Gasteiger partial charge in [0.15, 0.2) is 0 Å². The molecule has 1 atom stereocenters. The first-order valence-corrected chi connectivity index (χ1v) is 6.67. The quantitative estimate of drug-likeness (QED) is 0.673. The summed E-state index contributed by atoms with van der Waals surface area (Å²) >= 11 is 0. The van der Waals surface area contributed by atoms with Crippen molar-refractivity contribution in [1.29, 1.82) is 0 Å². The minimum absolute atomic E-state index is 0.139. The average molecular weight is 264 g/mol. The lowest BCUT2D eigenvalue weighted by molar-refractivity contribution is -0.384. The Morgan fingerprint density at radius 3 is 2.53 bits per heavy atom. The Morgan fingerprint density at radius 2 is 2.05 bits per heavy atom.